The molecule has 37 heavy (non-hydrogen) atoms. The van der Waals surface area contributed by atoms with E-state index >= 15 is 0 Å². The van der Waals surface area contributed by atoms with Crippen LogP contribution in [0.25, 0.3) is 6.08 Å². The van der Waals surface area contributed by atoms with Crippen molar-refractivity contribution < 1.29 is 4.79 Å². The van der Waals surface area contributed by atoms with Gasteiger partial charge in [0.05, 0.1) is 19.2 Å². The lowest BCUT2D eigenvalue weighted by atomic mass is 9.82. The van der Waals surface area contributed by atoms with Crippen molar-refractivity contribution in [2.75, 3.05) is 39.0 Å². The predicted octanol–water partition coefficient (Wildman–Crippen LogP) is 4.59. The third kappa shape index (κ3) is 11.0. The Bertz CT molecular complexity index is 985. The first-order valence-electron chi connectivity index (χ1n) is 13.1. The normalized spacial score (nSPS) is 16.0. The van der Waals surface area contributed by atoms with Crippen LogP contribution < -0.4 is 16.0 Å². The highest BCUT2D eigenvalue weighted by Crippen LogP contribution is 2.26. The summed E-state index contributed by atoms with van der Waals surface area (Å²) in [6.45, 7) is 17.3. The Morgan fingerprint density at radius 3 is 2.49 bits per heavy atom. The van der Waals surface area contributed by atoms with Gasteiger partial charge >= 0.3 is 0 Å². The van der Waals surface area contributed by atoms with Gasteiger partial charge in [0.1, 0.15) is 5.69 Å². The van der Waals surface area contributed by atoms with Gasteiger partial charge in [-0.3, -0.25) is 19.7 Å². The third-order valence-corrected chi connectivity index (χ3v) is 5.94. The first kappa shape index (κ1) is 32.2. The number of carbonyl (C=O) groups is 1. The van der Waals surface area contributed by atoms with Crippen molar-refractivity contribution in [2.24, 2.45) is 0 Å². The van der Waals surface area contributed by atoms with Crippen LogP contribution in [0.1, 0.15) is 74.4 Å². The summed E-state index contributed by atoms with van der Waals surface area (Å²) in [6.07, 6.45) is 9.42. The van der Waals surface area contributed by atoms with Crippen molar-refractivity contribution in [1.82, 2.24) is 25.5 Å². The summed E-state index contributed by atoms with van der Waals surface area (Å²) in [5.41, 5.74) is 5.63. The molecule has 2 aromatic heterocycles. The SMILES string of the molecule is C=C/C(=C\c1ncc(CN2CCNCC2c2ccc(C=O)nc2)cc1NC)CC.CC.[B]C(C)(C)NC. The van der Waals surface area contributed by atoms with E-state index in [0.717, 1.165) is 67.0 Å². The zero-order chi connectivity index (χ0) is 27.8. The summed E-state index contributed by atoms with van der Waals surface area (Å²) in [5.74, 6) is 0. The average molecular weight is 505 g/mol. The van der Waals surface area contributed by atoms with Gasteiger partial charge < -0.3 is 16.0 Å². The number of aldehydes is 1. The van der Waals surface area contributed by atoms with E-state index in [-0.39, 0.29) is 11.5 Å². The van der Waals surface area contributed by atoms with E-state index in [4.69, 9.17) is 12.8 Å². The van der Waals surface area contributed by atoms with Gasteiger partial charge in [0.15, 0.2) is 6.29 Å². The number of allylic oxidation sites excluding steroid dienone is 2. The number of piperazine rings is 1. The molecule has 3 rings (SSSR count). The van der Waals surface area contributed by atoms with E-state index in [0.29, 0.717) is 5.69 Å². The van der Waals surface area contributed by atoms with E-state index in [1.165, 1.54) is 0 Å². The van der Waals surface area contributed by atoms with Crippen LogP contribution in [0.2, 0.25) is 0 Å². The minimum Gasteiger partial charge on any atom is -0.386 e. The summed E-state index contributed by atoms with van der Waals surface area (Å²) in [6, 6.07) is 6.15. The molecule has 0 bridgehead atoms. The maximum atomic E-state index is 10.9. The summed E-state index contributed by atoms with van der Waals surface area (Å²) in [7, 11) is 9.18. The van der Waals surface area contributed by atoms with Crippen LogP contribution in [0.15, 0.2) is 48.8 Å². The molecule has 1 unspecified atom stereocenters. The lowest BCUT2D eigenvalue weighted by Crippen LogP contribution is -2.45. The largest absolute Gasteiger partial charge is 0.386 e. The summed E-state index contributed by atoms with van der Waals surface area (Å²) < 4.78 is 0. The molecule has 0 amide bonds. The van der Waals surface area contributed by atoms with Crippen molar-refractivity contribution in [3.8, 4) is 0 Å². The molecule has 2 radical (unpaired) electrons. The molecule has 3 N–H and O–H groups in total. The van der Waals surface area contributed by atoms with Crippen LogP contribution >= 0.6 is 0 Å². The number of rotatable bonds is 9. The van der Waals surface area contributed by atoms with Crippen LogP contribution in [0.4, 0.5) is 5.69 Å². The molecule has 1 aliphatic heterocycles. The summed E-state index contributed by atoms with van der Waals surface area (Å²) in [4.78, 5) is 22.2. The molecular weight excluding hydrogens is 459 g/mol. The van der Waals surface area contributed by atoms with Crippen LogP contribution in [-0.2, 0) is 6.54 Å². The van der Waals surface area contributed by atoms with Crippen molar-refractivity contribution in [2.45, 2.75) is 59.1 Å². The molecule has 2 aromatic rings. The standard InChI is InChI=1S/C23H29N5O.C4H10BN.C2H6/c1-4-17(5-2)10-22-21(24-3)11-18(12-27-22)15-28-9-8-25-14-23(28)19-6-7-20(16-29)26-13-19;1-4(2,5)6-3;1-2/h4,6-7,10-13,16,23-25H,1,5,8-9,14-15H2,2-3H3;6H,1-3H3;1-2H3/b17-10+;;. The highest BCUT2D eigenvalue weighted by atomic mass is 16.1. The maximum Gasteiger partial charge on any atom is 0.168 e. The summed E-state index contributed by atoms with van der Waals surface area (Å²) in [5, 5.41) is 9.61. The fourth-order valence-corrected chi connectivity index (χ4v) is 3.58. The van der Waals surface area contributed by atoms with Crippen molar-refractivity contribution in [1.29, 1.82) is 0 Å². The lowest BCUT2D eigenvalue weighted by molar-refractivity contribution is 0.111. The number of carbonyl (C=O) groups excluding carboxylic acids is 1. The molecule has 1 saturated heterocycles. The topological polar surface area (TPSA) is 82.2 Å². The Hall–Kier alpha value is -2.81. The second-order valence-electron chi connectivity index (χ2n) is 9.10. The van der Waals surface area contributed by atoms with Crippen molar-refractivity contribution in [3.63, 3.8) is 0 Å². The lowest BCUT2D eigenvalue weighted by Gasteiger charge is -2.36. The van der Waals surface area contributed by atoms with Gasteiger partial charge in [-0.1, -0.05) is 53.3 Å². The fourth-order valence-electron chi connectivity index (χ4n) is 3.58. The molecule has 3 heterocycles. The van der Waals surface area contributed by atoms with Gasteiger partial charge in [0.2, 0.25) is 0 Å². The highest BCUT2D eigenvalue weighted by molar-refractivity contribution is 6.14. The van der Waals surface area contributed by atoms with E-state index in [2.05, 4.69) is 51.5 Å². The fraction of sp³-hybridized carbons (Fsp3) is 0.483. The number of nitrogens with one attached hydrogen (secondary N) is 3. The number of hydrogen-bond donors (Lipinski definition) is 3. The van der Waals surface area contributed by atoms with Gasteiger partial charge in [-0.25, -0.2) is 0 Å². The van der Waals surface area contributed by atoms with E-state index in [9.17, 15) is 4.79 Å². The molecule has 200 valence electrons. The molecule has 0 aromatic carbocycles. The quantitative estimate of drug-likeness (QED) is 0.262. The van der Waals surface area contributed by atoms with Crippen molar-refractivity contribution >= 4 is 25.9 Å². The molecule has 0 spiro atoms. The number of aromatic nitrogens is 2. The van der Waals surface area contributed by atoms with Gasteiger partial charge in [0.25, 0.3) is 0 Å². The first-order chi connectivity index (χ1) is 17.7. The second-order valence-corrected chi connectivity index (χ2v) is 9.10. The average Bonchev–Trinajstić information content (AvgIpc) is 2.93. The van der Waals surface area contributed by atoms with Gasteiger partial charge in [-0.15, -0.1) is 0 Å². The molecular formula is C29H45BN6O. The molecule has 1 fully saturated rings. The predicted molar refractivity (Wildman–Crippen MR) is 158 cm³/mol. The Labute approximate surface area is 225 Å². The van der Waals surface area contributed by atoms with Gasteiger partial charge in [-0.05, 0) is 53.8 Å². The molecule has 1 aliphatic rings. The Kier molecular flexibility index (Phi) is 14.7. The third-order valence-electron chi connectivity index (χ3n) is 5.94. The summed E-state index contributed by atoms with van der Waals surface area (Å²) >= 11 is 0. The Morgan fingerprint density at radius 1 is 1.27 bits per heavy atom. The smallest absolute Gasteiger partial charge is 0.168 e. The zero-order valence-electron chi connectivity index (χ0n) is 23.8. The van der Waals surface area contributed by atoms with Crippen molar-refractivity contribution in [3.05, 3.63) is 71.3 Å². The number of nitrogens with zero attached hydrogens (tertiary/aromatic N) is 3. The highest BCUT2D eigenvalue weighted by Gasteiger charge is 2.24. The molecule has 0 aliphatic carbocycles. The van der Waals surface area contributed by atoms with E-state index in [1.54, 1.807) is 12.3 Å². The van der Waals surface area contributed by atoms with E-state index in [1.807, 2.05) is 60.1 Å². The first-order valence-corrected chi connectivity index (χ1v) is 13.1. The number of pyridine rings is 2. The van der Waals surface area contributed by atoms with Crippen LogP contribution in [-0.4, -0.2) is 68.2 Å². The molecule has 1 atom stereocenters. The zero-order valence-corrected chi connectivity index (χ0v) is 23.8. The maximum absolute atomic E-state index is 10.9. The van der Waals surface area contributed by atoms with E-state index < -0.39 is 0 Å². The molecule has 8 heteroatoms. The number of hydrogen-bond acceptors (Lipinski definition) is 7. The molecule has 0 saturated carbocycles. The minimum absolute atomic E-state index is 0.208. The Morgan fingerprint density at radius 2 is 1.97 bits per heavy atom. The van der Waals surface area contributed by atoms with Crippen LogP contribution in [0, 0.1) is 0 Å². The van der Waals surface area contributed by atoms with Crippen LogP contribution in [0.3, 0.4) is 0 Å². The minimum atomic E-state index is -0.208. The monoisotopic (exact) mass is 504 g/mol. The number of anilines is 1. The van der Waals surface area contributed by atoms with Gasteiger partial charge in [0, 0.05) is 51.7 Å². The van der Waals surface area contributed by atoms with Crippen LogP contribution in [0.5, 0.6) is 0 Å². The second kappa shape index (κ2) is 16.8. The molecule has 7 nitrogen and oxygen atoms in total. The van der Waals surface area contributed by atoms with Gasteiger partial charge in [-0.2, -0.15) is 0 Å². The Balaban J connectivity index is 0.000000752.